The van der Waals surface area contributed by atoms with Crippen molar-refractivity contribution in [3.8, 4) is 11.5 Å². The summed E-state index contributed by atoms with van der Waals surface area (Å²) in [6.45, 7) is 0.768. The predicted molar refractivity (Wildman–Crippen MR) is 86.0 cm³/mol. The normalized spacial score (nSPS) is 10.8. The molecule has 0 saturated heterocycles. The molecular formula is C15H13BrClNO3. The fourth-order valence-corrected chi connectivity index (χ4v) is 2.10. The highest BCUT2D eigenvalue weighted by Gasteiger charge is 2.03. The van der Waals surface area contributed by atoms with Crippen LogP contribution >= 0.6 is 27.5 Å². The zero-order chi connectivity index (χ0) is 15.1. The van der Waals surface area contributed by atoms with Crippen molar-refractivity contribution in [1.29, 1.82) is 0 Å². The molecule has 0 aromatic heterocycles. The van der Waals surface area contributed by atoms with Gasteiger partial charge in [0.2, 0.25) is 0 Å². The van der Waals surface area contributed by atoms with Gasteiger partial charge in [0.25, 0.3) is 0 Å². The van der Waals surface area contributed by atoms with Gasteiger partial charge in [-0.2, -0.15) is 0 Å². The van der Waals surface area contributed by atoms with Gasteiger partial charge >= 0.3 is 0 Å². The van der Waals surface area contributed by atoms with Crippen molar-refractivity contribution in [3.63, 3.8) is 0 Å². The minimum atomic E-state index is 0.365. The maximum absolute atomic E-state index is 8.62. The first kappa shape index (κ1) is 15.7. The van der Waals surface area contributed by atoms with E-state index in [9.17, 15) is 0 Å². The summed E-state index contributed by atoms with van der Waals surface area (Å²) in [5.74, 6) is 1.35. The highest BCUT2D eigenvalue weighted by Crippen LogP contribution is 2.21. The largest absolute Gasteiger partial charge is 0.490 e. The first-order chi connectivity index (χ1) is 10.2. The molecule has 2 rings (SSSR count). The quantitative estimate of drug-likeness (QED) is 0.355. The fraction of sp³-hybridized carbons (Fsp3) is 0.133. The Bertz CT molecular complexity index is 617. The molecule has 0 fully saturated rings. The Labute approximate surface area is 136 Å². The van der Waals surface area contributed by atoms with Crippen molar-refractivity contribution in [2.45, 2.75) is 0 Å². The first-order valence-electron chi connectivity index (χ1n) is 6.17. The molecule has 0 saturated carbocycles. The standard InChI is InChI=1S/C15H13BrClNO3/c16-12-1-4-14(5-2-12)20-7-8-21-15-6-3-13(17)9-11(15)10-18-19/h1-6,9-10,19H,7-8H2. The first-order valence-corrected chi connectivity index (χ1v) is 7.34. The van der Waals surface area contributed by atoms with E-state index in [0.29, 0.717) is 29.5 Å². The number of hydrogen-bond acceptors (Lipinski definition) is 4. The second kappa shape index (κ2) is 7.90. The average molecular weight is 371 g/mol. The molecular weight excluding hydrogens is 358 g/mol. The van der Waals surface area contributed by atoms with Crippen LogP contribution in [-0.4, -0.2) is 24.6 Å². The van der Waals surface area contributed by atoms with Gasteiger partial charge in [-0.3, -0.25) is 0 Å². The lowest BCUT2D eigenvalue weighted by atomic mass is 10.2. The molecule has 0 radical (unpaired) electrons. The van der Waals surface area contributed by atoms with E-state index in [1.807, 2.05) is 24.3 Å². The zero-order valence-electron chi connectivity index (χ0n) is 11.0. The van der Waals surface area contributed by atoms with Crippen molar-refractivity contribution in [2.75, 3.05) is 13.2 Å². The summed E-state index contributed by atoms with van der Waals surface area (Å²) in [4.78, 5) is 0. The number of benzene rings is 2. The van der Waals surface area contributed by atoms with E-state index in [2.05, 4.69) is 21.1 Å². The van der Waals surface area contributed by atoms with Crippen LogP contribution in [0.1, 0.15) is 5.56 Å². The van der Waals surface area contributed by atoms with Gasteiger partial charge in [-0.25, -0.2) is 0 Å². The Hall–Kier alpha value is -1.72. The van der Waals surface area contributed by atoms with E-state index < -0.39 is 0 Å². The van der Waals surface area contributed by atoms with Crippen molar-refractivity contribution in [2.24, 2.45) is 5.16 Å². The van der Waals surface area contributed by atoms with E-state index >= 15 is 0 Å². The average Bonchev–Trinajstić information content (AvgIpc) is 2.48. The SMILES string of the molecule is ON=Cc1cc(Cl)ccc1OCCOc1ccc(Br)cc1. The van der Waals surface area contributed by atoms with Crippen LogP contribution in [0.3, 0.4) is 0 Å². The van der Waals surface area contributed by atoms with Gasteiger partial charge in [-0.15, -0.1) is 0 Å². The van der Waals surface area contributed by atoms with Crippen molar-refractivity contribution in [3.05, 3.63) is 57.5 Å². The molecule has 0 aliphatic carbocycles. The molecule has 0 spiro atoms. The maximum atomic E-state index is 8.62. The van der Waals surface area contributed by atoms with Gasteiger partial charge in [-0.1, -0.05) is 32.7 Å². The summed E-state index contributed by atoms with van der Waals surface area (Å²) in [5, 5.41) is 12.2. The van der Waals surface area contributed by atoms with E-state index in [0.717, 1.165) is 10.2 Å². The lowest BCUT2D eigenvalue weighted by Crippen LogP contribution is -2.10. The van der Waals surface area contributed by atoms with Crippen molar-refractivity contribution >= 4 is 33.7 Å². The van der Waals surface area contributed by atoms with E-state index in [-0.39, 0.29) is 0 Å². The predicted octanol–water partition coefficient (Wildman–Crippen LogP) is 4.37. The Balaban J connectivity index is 1.87. The molecule has 0 unspecified atom stereocenters. The molecule has 0 bridgehead atoms. The third kappa shape index (κ3) is 4.95. The molecule has 6 heteroatoms. The van der Waals surface area contributed by atoms with Gasteiger partial charge in [0.15, 0.2) is 0 Å². The number of oxime groups is 1. The number of hydrogen-bond donors (Lipinski definition) is 1. The third-order valence-electron chi connectivity index (χ3n) is 2.59. The summed E-state index contributed by atoms with van der Waals surface area (Å²) < 4.78 is 12.1. The van der Waals surface area contributed by atoms with Crippen LogP contribution in [0.15, 0.2) is 52.1 Å². The Morgan fingerprint density at radius 2 is 1.81 bits per heavy atom. The Morgan fingerprint density at radius 3 is 2.52 bits per heavy atom. The fourth-order valence-electron chi connectivity index (χ4n) is 1.66. The van der Waals surface area contributed by atoms with Gasteiger partial charge in [0, 0.05) is 15.1 Å². The van der Waals surface area contributed by atoms with Gasteiger partial charge in [0.1, 0.15) is 24.7 Å². The lowest BCUT2D eigenvalue weighted by Gasteiger charge is -2.10. The summed E-state index contributed by atoms with van der Waals surface area (Å²) in [6.07, 6.45) is 1.27. The minimum absolute atomic E-state index is 0.365. The van der Waals surface area contributed by atoms with Gasteiger partial charge in [-0.05, 0) is 42.5 Å². The minimum Gasteiger partial charge on any atom is -0.490 e. The molecule has 0 atom stereocenters. The summed E-state index contributed by atoms with van der Waals surface area (Å²) in [6, 6.07) is 12.6. The Morgan fingerprint density at radius 1 is 1.10 bits per heavy atom. The van der Waals surface area contributed by atoms with Crippen molar-refractivity contribution < 1.29 is 14.7 Å². The number of ether oxygens (including phenoxy) is 2. The smallest absolute Gasteiger partial charge is 0.128 e. The maximum Gasteiger partial charge on any atom is 0.128 e. The van der Waals surface area contributed by atoms with Crippen molar-refractivity contribution in [1.82, 2.24) is 0 Å². The topological polar surface area (TPSA) is 51.1 Å². The van der Waals surface area contributed by atoms with Crippen LogP contribution in [-0.2, 0) is 0 Å². The lowest BCUT2D eigenvalue weighted by molar-refractivity contribution is 0.217. The Kier molecular flexibility index (Phi) is 5.90. The van der Waals surface area contributed by atoms with Crippen LogP contribution in [0.25, 0.3) is 0 Å². The van der Waals surface area contributed by atoms with Crippen LogP contribution < -0.4 is 9.47 Å². The molecule has 0 aliphatic rings. The van der Waals surface area contributed by atoms with Crippen LogP contribution in [0.5, 0.6) is 11.5 Å². The second-order valence-electron chi connectivity index (χ2n) is 4.08. The molecule has 2 aromatic rings. The summed E-state index contributed by atoms with van der Waals surface area (Å²) >= 11 is 9.24. The molecule has 2 aromatic carbocycles. The molecule has 21 heavy (non-hydrogen) atoms. The van der Waals surface area contributed by atoms with Gasteiger partial charge < -0.3 is 14.7 Å². The van der Waals surface area contributed by atoms with Crippen LogP contribution in [0.4, 0.5) is 0 Å². The summed E-state index contributed by atoms with van der Waals surface area (Å²) in [7, 11) is 0. The van der Waals surface area contributed by atoms with Crippen LogP contribution in [0.2, 0.25) is 5.02 Å². The molecule has 0 amide bonds. The molecule has 4 nitrogen and oxygen atoms in total. The van der Waals surface area contributed by atoms with Gasteiger partial charge in [0.05, 0.1) is 6.21 Å². The zero-order valence-corrected chi connectivity index (χ0v) is 13.3. The molecule has 0 aliphatic heterocycles. The van der Waals surface area contributed by atoms with E-state index in [1.54, 1.807) is 18.2 Å². The second-order valence-corrected chi connectivity index (χ2v) is 5.43. The van der Waals surface area contributed by atoms with E-state index in [1.165, 1.54) is 6.21 Å². The summed E-state index contributed by atoms with van der Waals surface area (Å²) in [5.41, 5.74) is 0.605. The van der Waals surface area contributed by atoms with E-state index in [4.69, 9.17) is 26.3 Å². The highest BCUT2D eigenvalue weighted by molar-refractivity contribution is 9.10. The van der Waals surface area contributed by atoms with Crippen LogP contribution in [0, 0.1) is 0 Å². The third-order valence-corrected chi connectivity index (χ3v) is 3.36. The molecule has 110 valence electrons. The number of halogens is 2. The highest BCUT2D eigenvalue weighted by atomic mass is 79.9. The number of nitrogens with zero attached hydrogens (tertiary/aromatic N) is 1. The molecule has 1 N–H and O–H groups in total. The number of rotatable bonds is 6. The monoisotopic (exact) mass is 369 g/mol. The molecule has 0 heterocycles.